The number of amides is 1. The molecule has 0 bridgehead atoms. The van der Waals surface area contributed by atoms with Crippen LogP contribution in [0.25, 0.3) is 0 Å². The van der Waals surface area contributed by atoms with Crippen LogP contribution in [0.5, 0.6) is 0 Å². The molecule has 1 amide bonds. The van der Waals surface area contributed by atoms with E-state index in [0.29, 0.717) is 17.7 Å². The molecule has 3 heteroatoms. The van der Waals surface area contributed by atoms with E-state index in [1.54, 1.807) is 0 Å². The molecule has 0 spiro atoms. The first-order chi connectivity index (χ1) is 6.85. The zero-order chi connectivity index (χ0) is 11.6. The monoisotopic (exact) mass is 275 g/mol. The largest absolute Gasteiger partial charge is 0.342 e. The van der Waals surface area contributed by atoms with E-state index in [1.165, 1.54) is 0 Å². The minimum atomic E-state index is 0.182. The highest BCUT2D eigenvalue weighted by Crippen LogP contribution is 2.28. The van der Waals surface area contributed by atoms with Crippen LogP contribution >= 0.6 is 15.9 Å². The molecule has 1 aliphatic heterocycles. The van der Waals surface area contributed by atoms with E-state index in [9.17, 15) is 4.79 Å². The third kappa shape index (κ3) is 3.47. The zero-order valence-corrected chi connectivity index (χ0v) is 11.8. The molecule has 0 N–H and O–H groups in total. The second kappa shape index (κ2) is 4.86. The summed E-state index contributed by atoms with van der Waals surface area (Å²) in [4.78, 5) is 13.8. The fourth-order valence-electron chi connectivity index (χ4n) is 1.96. The SMILES string of the molecule is CC(C)C1CC(=O)N(CC(C)(C)CBr)C1. The summed E-state index contributed by atoms with van der Waals surface area (Å²) in [5.74, 6) is 1.51. The molecule has 1 aliphatic rings. The van der Waals surface area contributed by atoms with Crippen molar-refractivity contribution in [3.63, 3.8) is 0 Å². The Kier molecular flexibility index (Phi) is 4.21. The van der Waals surface area contributed by atoms with Crippen molar-refractivity contribution in [1.82, 2.24) is 4.90 Å². The summed E-state index contributed by atoms with van der Waals surface area (Å²) in [6.45, 7) is 10.6. The van der Waals surface area contributed by atoms with E-state index < -0.39 is 0 Å². The van der Waals surface area contributed by atoms with E-state index in [2.05, 4.69) is 43.6 Å². The van der Waals surface area contributed by atoms with Gasteiger partial charge in [0.1, 0.15) is 0 Å². The number of hydrogen-bond donors (Lipinski definition) is 0. The summed E-state index contributed by atoms with van der Waals surface area (Å²) in [5, 5.41) is 0.941. The van der Waals surface area contributed by atoms with Crippen LogP contribution in [0.4, 0.5) is 0 Å². The Labute approximate surface area is 102 Å². The Morgan fingerprint density at radius 3 is 2.53 bits per heavy atom. The van der Waals surface area contributed by atoms with E-state index >= 15 is 0 Å². The van der Waals surface area contributed by atoms with Gasteiger partial charge in [-0.3, -0.25) is 4.79 Å². The van der Waals surface area contributed by atoms with Crippen LogP contribution in [-0.2, 0) is 4.79 Å². The highest BCUT2D eigenvalue weighted by atomic mass is 79.9. The summed E-state index contributed by atoms with van der Waals surface area (Å²) < 4.78 is 0. The van der Waals surface area contributed by atoms with Crippen LogP contribution in [-0.4, -0.2) is 29.2 Å². The third-order valence-corrected chi connectivity index (χ3v) is 4.69. The molecular formula is C12H22BrNO. The summed E-state index contributed by atoms with van der Waals surface area (Å²) in [5.41, 5.74) is 0.182. The number of carbonyl (C=O) groups is 1. The first-order valence-electron chi connectivity index (χ1n) is 5.69. The van der Waals surface area contributed by atoms with Crippen molar-refractivity contribution >= 4 is 21.8 Å². The van der Waals surface area contributed by atoms with Gasteiger partial charge in [-0.15, -0.1) is 0 Å². The maximum atomic E-state index is 11.8. The molecule has 1 unspecified atom stereocenters. The van der Waals surface area contributed by atoms with Crippen LogP contribution in [0.3, 0.4) is 0 Å². The van der Waals surface area contributed by atoms with Crippen LogP contribution in [0.15, 0.2) is 0 Å². The Hall–Kier alpha value is -0.0500. The lowest BCUT2D eigenvalue weighted by Crippen LogP contribution is -2.36. The Morgan fingerprint density at radius 2 is 2.13 bits per heavy atom. The van der Waals surface area contributed by atoms with Gasteiger partial charge in [-0.2, -0.15) is 0 Å². The number of likely N-dealkylation sites (tertiary alicyclic amines) is 1. The average molecular weight is 276 g/mol. The Balaban J connectivity index is 2.55. The van der Waals surface area contributed by atoms with Crippen molar-refractivity contribution < 1.29 is 4.79 Å². The van der Waals surface area contributed by atoms with Crippen molar-refractivity contribution in [1.29, 1.82) is 0 Å². The van der Waals surface area contributed by atoms with Crippen molar-refractivity contribution in [2.45, 2.75) is 34.1 Å². The number of rotatable bonds is 4. The second-order valence-corrected chi connectivity index (χ2v) is 6.34. The molecule has 1 atom stereocenters. The van der Waals surface area contributed by atoms with Crippen molar-refractivity contribution in [2.24, 2.45) is 17.3 Å². The van der Waals surface area contributed by atoms with Gasteiger partial charge in [0.05, 0.1) is 0 Å². The molecule has 88 valence electrons. The summed E-state index contributed by atoms with van der Waals surface area (Å²) >= 11 is 3.50. The van der Waals surface area contributed by atoms with Crippen LogP contribution in [0.1, 0.15) is 34.1 Å². The predicted molar refractivity (Wildman–Crippen MR) is 67.1 cm³/mol. The molecule has 2 nitrogen and oxygen atoms in total. The molecule has 0 radical (unpaired) electrons. The quantitative estimate of drug-likeness (QED) is 0.723. The maximum absolute atomic E-state index is 11.8. The highest BCUT2D eigenvalue weighted by molar-refractivity contribution is 9.09. The molecular weight excluding hydrogens is 254 g/mol. The van der Waals surface area contributed by atoms with Crippen molar-refractivity contribution in [2.75, 3.05) is 18.4 Å². The van der Waals surface area contributed by atoms with Gasteiger partial charge in [0.2, 0.25) is 5.91 Å². The smallest absolute Gasteiger partial charge is 0.222 e. The molecule has 1 fully saturated rings. The average Bonchev–Trinajstić information content (AvgIpc) is 2.47. The van der Waals surface area contributed by atoms with Crippen LogP contribution in [0, 0.1) is 17.3 Å². The summed E-state index contributed by atoms with van der Waals surface area (Å²) in [6, 6.07) is 0. The van der Waals surface area contributed by atoms with Gasteiger partial charge >= 0.3 is 0 Å². The number of hydrogen-bond acceptors (Lipinski definition) is 1. The topological polar surface area (TPSA) is 20.3 Å². The number of carbonyl (C=O) groups excluding carboxylic acids is 1. The zero-order valence-electron chi connectivity index (χ0n) is 10.2. The number of nitrogens with zero attached hydrogens (tertiary/aromatic N) is 1. The maximum Gasteiger partial charge on any atom is 0.222 e. The fraction of sp³-hybridized carbons (Fsp3) is 0.917. The Bertz CT molecular complexity index is 238. The first kappa shape index (κ1) is 13.0. The first-order valence-corrected chi connectivity index (χ1v) is 6.81. The number of halogens is 1. The highest BCUT2D eigenvalue weighted by Gasteiger charge is 2.34. The van der Waals surface area contributed by atoms with Crippen LogP contribution < -0.4 is 0 Å². The van der Waals surface area contributed by atoms with E-state index in [-0.39, 0.29) is 5.41 Å². The molecule has 0 saturated carbocycles. The van der Waals surface area contributed by atoms with Gasteiger partial charge < -0.3 is 4.90 Å². The lowest BCUT2D eigenvalue weighted by Gasteiger charge is -2.28. The Morgan fingerprint density at radius 1 is 1.53 bits per heavy atom. The molecule has 0 aromatic rings. The second-order valence-electron chi connectivity index (χ2n) is 5.78. The van der Waals surface area contributed by atoms with E-state index in [0.717, 1.165) is 24.8 Å². The van der Waals surface area contributed by atoms with Gasteiger partial charge in [0, 0.05) is 24.8 Å². The minimum Gasteiger partial charge on any atom is -0.342 e. The van der Waals surface area contributed by atoms with Gasteiger partial charge in [0.25, 0.3) is 0 Å². The standard InChI is InChI=1S/C12H22BrNO/c1-9(2)10-5-11(15)14(6-10)8-12(3,4)7-13/h9-10H,5-8H2,1-4H3. The summed E-state index contributed by atoms with van der Waals surface area (Å²) in [7, 11) is 0. The normalized spacial score (nSPS) is 22.9. The molecule has 1 heterocycles. The molecule has 1 saturated heterocycles. The molecule has 0 aromatic heterocycles. The van der Waals surface area contributed by atoms with Gasteiger partial charge in [0.15, 0.2) is 0 Å². The molecule has 0 aromatic carbocycles. The van der Waals surface area contributed by atoms with Gasteiger partial charge in [-0.05, 0) is 17.3 Å². The van der Waals surface area contributed by atoms with Gasteiger partial charge in [-0.25, -0.2) is 0 Å². The van der Waals surface area contributed by atoms with Crippen molar-refractivity contribution in [3.05, 3.63) is 0 Å². The van der Waals surface area contributed by atoms with E-state index in [1.807, 2.05) is 4.90 Å². The van der Waals surface area contributed by atoms with Gasteiger partial charge in [-0.1, -0.05) is 43.6 Å². The van der Waals surface area contributed by atoms with Crippen molar-refractivity contribution in [3.8, 4) is 0 Å². The molecule has 1 rings (SSSR count). The third-order valence-electron chi connectivity index (χ3n) is 3.17. The lowest BCUT2D eigenvalue weighted by atomic mass is 9.94. The van der Waals surface area contributed by atoms with Crippen LogP contribution in [0.2, 0.25) is 0 Å². The number of alkyl halides is 1. The predicted octanol–water partition coefficient (Wildman–Crippen LogP) is 2.91. The molecule has 15 heavy (non-hydrogen) atoms. The van der Waals surface area contributed by atoms with E-state index in [4.69, 9.17) is 0 Å². The summed E-state index contributed by atoms with van der Waals surface area (Å²) in [6.07, 6.45) is 0.746. The molecule has 0 aliphatic carbocycles. The lowest BCUT2D eigenvalue weighted by molar-refractivity contribution is -0.128. The minimum absolute atomic E-state index is 0.182. The fourth-order valence-corrected chi connectivity index (χ4v) is 2.14.